The molecule has 1 N–H and O–H groups in total. The predicted molar refractivity (Wildman–Crippen MR) is 74.4 cm³/mol. The minimum absolute atomic E-state index is 0.0208. The molecule has 104 valence electrons. The lowest BCUT2D eigenvalue weighted by Crippen LogP contribution is -2.06. The van der Waals surface area contributed by atoms with Crippen molar-refractivity contribution in [3.63, 3.8) is 0 Å². The van der Waals surface area contributed by atoms with Crippen molar-refractivity contribution in [3.05, 3.63) is 48.2 Å². The number of aromatic amines is 1. The van der Waals surface area contributed by atoms with Gasteiger partial charge >= 0.3 is 11.9 Å². The SMILES string of the molecule is CCOC(=O)/C=C/COC(=O)c1cc2ccccc2[nH]1. The molecule has 1 aromatic carbocycles. The lowest BCUT2D eigenvalue weighted by Gasteiger charge is -1.99. The number of aromatic nitrogens is 1. The molecule has 0 unspecified atom stereocenters. The van der Waals surface area contributed by atoms with E-state index in [2.05, 4.69) is 4.98 Å². The van der Waals surface area contributed by atoms with Crippen LogP contribution in [-0.4, -0.2) is 30.1 Å². The van der Waals surface area contributed by atoms with Crippen LogP contribution in [0.1, 0.15) is 17.4 Å². The highest BCUT2D eigenvalue weighted by molar-refractivity contribution is 5.94. The lowest BCUT2D eigenvalue weighted by atomic mass is 10.2. The Morgan fingerprint density at radius 1 is 1.25 bits per heavy atom. The minimum atomic E-state index is -0.463. The van der Waals surface area contributed by atoms with Crippen LogP contribution >= 0.6 is 0 Å². The van der Waals surface area contributed by atoms with Crippen LogP contribution in [0, 0.1) is 0 Å². The van der Waals surface area contributed by atoms with Crippen molar-refractivity contribution in [2.45, 2.75) is 6.92 Å². The predicted octanol–water partition coefficient (Wildman–Crippen LogP) is 2.44. The number of H-pyrrole nitrogens is 1. The molecule has 1 heterocycles. The number of ether oxygens (including phenoxy) is 2. The van der Waals surface area contributed by atoms with Crippen LogP contribution in [-0.2, 0) is 14.3 Å². The normalized spacial score (nSPS) is 10.8. The third kappa shape index (κ3) is 3.47. The number of hydrogen-bond acceptors (Lipinski definition) is 4. The summed E-state index contributed by atoms with van der Waals surface area (Å²) < 4.78 is 9.72. The fraction of sp³-hybridized carbons (Fsp3) is 0.200. The summed E-state index contributed by atoms with van der Waals surface area (Å²) in [7, 11) is 0. The maximum absolute atomic E-state index is 11.8. The van der Waals surface area contributed by atoms with Gasteiger partial charge in [0, 0.05) is 17.0 Å². The molecule has 0 aliphatic rings. The summed E-state index contributed by atoms with van der Waals surface area (Å²) in [5.41, 5.74) is 1.26. The maximum atomic E-state index is 11.8. The molecule has 5 heteroatoms. The minimum Gasteiger partial charge on any atom is -0.463 e. The smallest absolute Gasteiger partial charge is 0.355 e. The van der Waals surface area contributed by atoms with Gasteiger partial charge in [0.05, 0.1) is 6.61 Å². The van der Waals surface area contributed by atoms with E-state index in [1.54, 1.807) is 13.0 Å². The van der Waals surface area contributed by atoms with E-state index in [0.29, 0.717) is 12.3 Å². The molecule has 0 saturated carbocycles. The van der Waals surface area contributed by atoms with Crippen LogP contribution in [0.3, 0.4) is 0 Å². The zero-order chi connectivity index (χ0) is 14.4. The van der Waals surface area contributed by atoms with E-state index in [4.69, 9.17) is 9.47 Å². The summed E-state index contributed by atoms with van der Waals surface area (Å²) >= 11 is 0. The number of rotatable bonds is 5. The first-order valence-electron chi connectivity index (χ1n) is 6.29. The Morgan fingerprint density at radius 2 is 2.05 bits per heavy atom. The fourth-order valence-corrected chi connectivity index (χ4v) is 1.72. The number of esters is 2. The molecule has 2 rings (SSSR count). The van der Waals surface area contributed by atoms with Gasteiger partial charge in [-0.1, -0.05) is 18.2 Å². The molecule has 0 atom stereocenters. The molecular weight excluding hydrogens is 258 g/mol. The number of para-hydroxylation sites is 1. The van der Waals surface area contributed by atoms with Crippen molar-refractivity contribution < 1.29 is 19.1 Å². The summed E-state index contributed by atoms with van der Waals surface area (Å²) in [6.07, 6.45) is 2.68. The lowest BCUT2D eigenvalue weighted by molar-refractivity contribution is -0.137. The Hall–Kier alpha value is -2.56. The first-order valence-corrected chi connectivity index (χ1v) is 6.29. The average molecular weight is 273 g/mol. The van der Waals surface area contributed by atoms with Crippen LogP contribution in [0.4, 0.5) is 0 Å². The summed E-state index contributed by atoms with van der Waals surface area (Å²) in [5, 5.41) is 0.946. The zero-order valence-corrected chi connectivity index (χ0v) is 11.1. The van der Waals surface area contributed by atoms with Crippen molar-refractivity contribution >= 4 is 22.8 Å². The summed E-state index contributed by atoms with van der Waals surface area (Å²) in [4.78, 5) is 25.8. The average Bonchev–Trinajstić information content (AvgIpc) is 2.87. The Bertz CT molecular complexity index is 609. The molecule has 0 radical (unpaired) electrons. The Kier molecular flexibility index (Phi) is 4.55. The molecule has 0 saturated heterocycles. The first kappa shape index (κ1) is 13.9. The van der Waals surface area contributed by atoms with Gasteiger partial charge in [-0.25, -0.2) is 9.59 Å². The maximum Gasteiger partial charge on any atom is 0.355 e. The summed E-state index contributed by atoms with van der Waals surface area (Å²) in [6.45, 7) is 2.06. The van der Waals surface area contributed by atoms with Gasteiger partial charge in [0.1, 0.15) is 12.3 Å². The number of fused-ring (bicyclic) bond motifs is 1. The molecular formula is C15H15NO4. The topological polar surface area (TPSA) is 68.4 Å². The van der Waals surface area contributed by atoms with Gasteiger partial charge in [0.2, 0.25) is 0 Å². The molecule has 5 nitrogen and oxygen atoms in total. The zero-order valence-electron chi connectivity index (χ0n) is 11.1. The van der Waals surface area contributed by atoms with Crippen molar-refractivity contribution in [2.75, 3.05) is 13.2 Å². The Balaban J connectivity index is 1.90. The van der Waals surface area contributed by atoms with Crippen molar-refractivity contribution in [1.29, 1.82) is 0 Å². The van der Waals surface area contributed by atoms with Crippen LogP contribution in [0.15, 0.2) is 42.5 Å². The van der Waals surface area contributed by atoms with Gasteiger partial charge in [0.25, 0.3) is 0 Å². The molecule has 2 aromatic rings. The van der Waals surface area contributed by atoms with E-state index >= 15 is 0 Å². The van der Waals surface area contributed by atoms with E-state index < -0.39 is 11.9 Å². The Morgan fingerprint density at radius 3 is 2.80 bits per heavy atom. The molecule has 0 fully saturated rings. The van der Waals surface area contributed by atoms with Crippen LogP contribution in [0.5, 0.6) is 0 Å². The molecule has 0 amide bonds. The van der Waals surface area contributed by atoms with E-state index in [1.807, 2.05) is 24.3 Å². The van der Waals surface area contributed by atoms with Gasteiger partial charge in [-0.15, -0.1) is 0 Å². The van der Waals surface area contributed by atoms with Crippen molar-refractivity contribution in [1.82, 2.24) is 4.98 Å². The molecule has 0 aliphatic heterocycles. The van der Waals surface area contributed by atoms with Gasteiger partial charge < -0.3 is 14.5 Å². The van der Waals surface area contributed by atoms with Crippen molar-refractivity contribution in [3.8, 4) is 0 Å². The quantitative estimate of drug-likeness (QED) is 0.671. The van der Waals surface area contributed by atoms with Gasteiger partial charge in [0.15, 0.2) is 0 Å². The molecule has 0 bridgehead atoms. The largest absolute Gasteiger partial charge is 0.463 e. The standard InChI is InChI=1S/C15H15NO4/c1-2-19-14(17)8-5-9-20-15(18)13-10-11-6-3-4-7-12(11)16-13/h3-8,10,16H,2,9H2,1H3/b8-5+. The monoisotopic (exact) mass is 273 g/mol. The van der Waals surface area contributed by atoms with E-state index in [0.717, 1.165) is 10.9 Å². The number of hydrogen-bond donors (Lipinski definition) is 1. The van der Waals surface area contributed by atoms with E-state index in [-0.39, 0.29) is 6.61 Å². The van der Waals surface area contributed by atoms with E-state index in [9.17, 15) is 9.59 Å². The fourth-order valence-electron chi connectivity index (χ4n) is 1.72. The highest BCUT2D eigenvalue weighted by atomic mass is 16.5. The second-order valence-electron chi connectivity index (χ2n) is 4.02. The molecule has 1 aromatic heterocycles. The molecule has 0 aliphatic carbocycles. The highest BCUT2D eigenvalue weighted by Gasteiger charge is 2.09. The van der Waals surface area contributed by atoms with Gasteiger partial charge in [-0.2, -0.15) is 0 Å². The Labute approximate surface area is 116 Å². The number of carbonyl (C=O) groups excluding carboxylic acids is 2. The van der Waals surface area contributed by atoms with Crippen LogP contribution in [0.2, 0.25) is 0 Å². The molecule has 0 spiro atoms. The second-order valence-corrected chi connectivity index (χ2v) is 4.02. The number of carbonyl (C=O) groups is 2. The second kappa shape index (κ2) is 6.56. The van der Waals surface area contributed by atoms with E-state index in [1.165, 1.54) is 12.2 Å². The number of nitrogens with one attached hydrogen (secondary N) is 1. The number of benzene rings is 1. The third-order valence-corrected chi connectivity index (χ3v) is 2.60. The highest BCUT2D eigenvalue weighted by Crippen LogP contribution is 2.15. The molecule has 20 heavy (non-hydrogen) atoms. The van der Waals surface area contributed by atoms with Crippen LogP contribution in [0.25, 0.3) is 10.9 Å². The van der Waals surface area contributed by atoms with Gasteiger partial charge in [-0.05, 0) is 25.1 Å². The van der Waals surface area contributed by atoms with Crippen LogP contribution < -0.4 is 0 Å². The van der Waals surface area contributed by atoms with Crippen molar-refractivity contribution in [2.24, 2.45) is 0 Å². The first-order chi connectivity index (χ1) is 9.70. The summed E-state index contributed by atoms with van der Waals surface area (Å²) in [5.74, 6) is -0.913. The third-order valence-electron chi connectivity index (χ3n) is 2.60. The van der Waals surface area contributed by atoms with Gasteiger partial charge in [-0.3, -0.25) is 0 Å². The summed E-state index contributed by atoms with van der Waals surface area (Å²) in [6, 6.07) is 9.30.